The monoisotopic (exact) mass is 326 g/mol. The number of hydrogen-bond donors (Lipinski definition) is 2. The van der Waals surface area contributed by atoms with E-state index in [1.54, 1.807) is 31.3 Å². The van der Waals surface area contributed by atoms with Gasteiger partial charge < -0.3 is 15.4 Å². The molecule has 1 atom stereocenters. The van der Waals surface area contributed by atoms with Crippen LogP contribution in [0.25, 0.3) is 0 Å². The van der Waals surface area contributed by atoms with Crippen LogP contribution in [0.5, 0.6) is 5.75 Å². The Labute approximate surface area is 142 Å². The van der Waals surface area contributed by atoms with Gasteiger partial charge >= 0.3 is 0 Å². The Kier molecular flexibility index (Phi) is 5.95. The lowest BCUT2D eigenvalue weighted by Crippen LogP contribution is -2.32. The minimum atomic E-state index is -0.578. The van der Waals surface area contributed by atoms with Crippen LogP contribution in [-0.4, -0.2) is 25.0 Å². The van der Waals surface area contributed by atoms with Gasteiger partial charge in [-0.1, -0.05) is 19.1 Å². The second-order valence-corrected chi connectivity index (χ2v) is 5.48. The lowest BCUT2D eigenvalue weighted by molar-refractivity contribution is -0.122. The van der Waals surface area contributed by atoms with E-state index in [0.717, 1.165) is 5.56 Å². The Bertz CT molecular complexity index is 711. The molecule has 24 heavy (non-hydrogen) atoms. The fraction of sp³-hybridized carbons (Fsp3) is 0.263. The molecule has 0 spiro atoms. The Morgan fingerprint density at radius 1 is 1.12 bits per heavy atom. The molecular formula is C19H22N2O3. The summed E-state index contributed by atoms with van der Waals surface area (Å²) in [5.41, 5.74) is 2.24. The van der Waals surface area contributed by atoms with Gasteiger partial charge in [-0.2, -0.15) is 0 Å². The fourth-order valence-corrected chi connectivity index (χ4v) is 2.25. The Balaban J connectivity index is 2.02. The van der Waals surface area contributed by atoms with E-state index in [-0.39, 0.29) is 11.8 Å². The summed E-state index contributed by atoms with van der Waals surface area (Å²) in [7, 11) is 1.58. The van der Waals surface area contributed by atoms with Crippen LogP contribution in [-0.2, 0) is 4.79 Å². The number of rotatable bonds is 6. The first kappa shape index (κ1) is 17.5. The van der Waals surface area contributed by atoms with Crippen molar-refractivity contribution in [3.8, 4) is 5.75 Å². The van der Waals surface area contributed by atoms with Crippen molar-refractivity contribution >= 4 is 17.5 Å². The lowest BCUT2D eigenvalue weighted by atomic mass is 10.2. The van der Waals surface area contributed by atoms with E-state index in [2.05, 4.69) is 10.6 Å². The van der Waals surface area contributed by atoms with Gasteiger partial charge in [0.2, 0.25) is 0 Å². The Hall–Kier alpha value is -2.82. The highest BCUT2D eigenvalue weighted by Crippen LogP contribution is 2.17. The van der Waals surface area contributed by atoms with Crippen molar-refractivity contribution in [1.82, 2.24) is 5.32 Å². The van der Waals surface area contributed by atoms with Gasteiger partial charge in [-0.05, 0) is 55.3 Å². The maximum absolute atomic E-state index is 12.4. The van der Waals surface area contributed by atoms with Crippen LogP contribution in [0.3, 0.4) is 0 Å². The SMILES string of the molecule is CCC(Oc1cccc(C)c1)C(=O)Nc1ccc(C(=O)NC)cc1. The molecule has 0 aliphatic heterocycles. The zero-order chi connectivity index (χ0) is 17.5. The van der Waals surface area contributed by atoms with Crippen LogP contribution < -0.4 is 15.4 Å². The van der Waals surface area contributed by atoms with Crippen molar-refractivity contribution in [3.63, 3.8) is 0 Å². The van der Waals surface area contributed by atoms with Crippen LogP contribution in [0.4, 0.5) is 5.69 Å². The van der Waals surface area contributed by atoms with E-state index in [1.165, 1.54) is 0 Å². The average Bonchev–Trinajstić information content (AvgIpc) is 2.59. The van der Waals surface area contributed by atoms with Crippen molar-refractivity contribution in [1.29, 1.82) is 0 Å². The van der Waals surface area contributed by atoms with Gasteiger partial charge in [0, 0.05) is 18.3 Å². The minimum absolute atomic E-state index is 0.165. The highest BCUT2D eigenvalue weighted by atomic mass is 16.5. The second-order valence-electron chi connectivity index (χ2n) is 5.48. The Morgan fingerprint density at radius 2 is 1.83 bits per heavy atom. The molecule has 0 radical (unpaired) electrons. The third-order valence-corrected chi connectivity index (χ3v) is 3.57. The van der Waals surface area contributed by atoms with Crippen molar-refractivity contribution in [3.05, 3.63) is 59.7 Å². The van der Waals surface area contributed by atoms with Crippen molar-refractivity contribution in [2.24, 2.45) is 0 Å². The first-order valence-corrected chi connectivity index (χ1v) is 7.89. The summed E-state index contributed by atoms with van der Waals surface area (Å²) in [4.78, 5) is 23.9. The summed E-state index contributed by atoms with van der Waals surface area (Å²) in [5.74, 6) is 0.292. The highest BCUT2D eigenvalue weighted by Gasteiger charge is 2.18. The molecule has 2 aromatic carbocycles. The number of nitrogens with one attached hydrogen (secondary N) is 2. The third-order valence-electron chi connectivity index (χ3n) is 3.57. The van der Waals surface area contributed by atoms with Crippen LogP contribution in [0.15, 0.2) is 48.5 Å². The van der Waals surface area contributed by atoms with Gasteiger partial charge in [0.25, 0.3) is 11.8 Å². The first-order valence-electron chi connectivity index (χ1n) is 7.89. The third kappa shape index (κ3) is 4.59. The molecule has 126 valence electrons. The molecule has 0 aromatic heterocycles. The summed E-state index contributed by atoms with van der Waals surface area (Å²) < 4.78 is 5.78. The average molecular weight is 326 g/mol. The zero-order valence-corrected chi connectivity index (χ0v) is 14.1. The molecule has 0 bridgehead atoms. The molecule has 2 N–H and O–H groups in total. The number of carbonyl (C=O) groups excluding carboxylic acids is 2. The molecule has 2 aromatic rings. The van der Waals surface area contributed by atoms with E-state index < -0.39 is 6.10 Å². The summed E-state index contributed by atoms with van der Waals surface area (Å²) in [6.07, 6.45) is -0.0266. The number of amides is 2. The summed E-state index contributed by atoms with van der Waals surface area (Å²) >= 11 is 0. The van der Waals surface area contributed by atoms with Gasteiger partial charge in [-0.3, -0.25) is 9.59 Å². The zero-order valence-electron chi connectivity index (χ0n) is 14.1. The molecule has 5 nitrogen and oxygen atoms in total. The smallest absolute Gasteiger partial charge is 0.265 e. The molecule has 1 unspecified atom stereocenters. The van der Waals surface area contributed by atoms with E-state index in [0.29, 0.717) is 23.4 Å². The molecular weight excluding hydrogens is 304 g/mol. The predicted molar refractivity (Wildman–Crippen MR) is 94.3 cm³/mol. The van der Waals surface area contributed by atoms with Crippen LogP contribution in [0, 0.1) is 6.92 Å². The molecule has 0 aliphatic rings. The molecule has 5 heteroatoms. The standard InChI is InChI=1S/C19H22N2O3/c1-4-17(24-16-7-5-6-13(2)12-16)19(23)21-15-10-8-14(9-11-15)18(22)20-3/h5-12,17H,4H2,1-3H3,(H,20,22)(H,21,23). The van der Waals surface area contributed by atoms with Crippen molar-refractivity contribution in [2.75, 3.05) is 12.4 Å². The van der Waals surface area contributed by atoms with Crippen molar-refractivity contribution < 1.29 is 14.3 Å². The summed E-state index contributed by atoms with van der Waals surface area (Å²) in [5, 5.41) is 5.37. The Morgan fingerprint density at radius 3 is 2.42 bits per heavy atom. The molecule has 0 saturated heterocycles. The number of hydrogen-bond acceptors (Lipinski definition) is 3. The highest BCUT2D eigenvalue weighted by molar-refractivity contribution is 5.96. The number of aryl methyl sites for hydroxylation is 1. The second kappa shape index (κ2) is 8.15. The lowest BCUT2D eigenvalue weighted by Gasteiger charge is -2.17. The molecule has 0 saturated carbocycles. The number of ether oxygens (including phenoxy) is 1. The van der Waals surface area contributed by atoms with Gasteiger partial charge in [0.15, 0.2) is 6.10 Å². The van der Waals surface area contributed by atoms with E-state index in [9.17, 15) is 9.59 Å². The predicted octanol–water partition coefficient (Wildman–Crippen LogP) is 3.15. The molecule has 0 fully saturated rings. The molecule has 0 aliphatic carbocycles. The summed E-state index contributed by atoms with van der Waals surface area (Å²) in [6.45, 7) is 3.87. The first-order chi connectivity index (χ1) is 11.5. The molecule has 2 rings (SSSR count). The van der Waals surface area contributed by atoms with Crippen LogP contribution in [0.1, 0.15) is 29.3 Å². The molecule has 0 heterocycles. The number of anilines is 1. The van der Waals surface area contributed by atoms with E-state index in [1.807, 2.05) is 38.1 Å². The number of benzene rings is 2. The minimum Gasteiger partial charge on any atom is -0.481 e. The maximum Gasteiger partial charge on any atom is 0.265 e. The van der Waals surface area contributed by atoms with Crippen LogP contribution >= 0.6 is 0 Å². The topological polar surface area (TPSA) is 67.4 Å². The van der Waals surface area contributed by atoms with Gasteiger partial charge in [-0.15, -0.1) is 0 Å². The van der Waals surface area contributed by atoms with E-state index in [4.69, 9.17) is 4.74 Å². The molecule has 2 amide bonds. The largest absolute Gasteiger partial charge is 0.481 e. The number of carbonyl (C=O) groups is 2. The van der Waals surface area contributed by atoms with Gasteiger partial charge in [0.05, 0.1) is 0 Å². The normalized spacial score (nSPS) is 11.5. The van der Waals surface area contributed by atoms with Crippen LogP contribution in [0.2, 0.25) is 0 Å². The maximum atomic E-state index is 12.4. The van der Waals surface area contributed by atoms with Crippen molar-refractivity contribution in [2.45, 2.75) is 26.4 Å². The summed E-state index contributed by atoms with van der Waals surface area (Å²) in [6, 6.07) is 14.3. The van der Waals surface area contributed by atoms with E-state index >= 15 is 0 Å². The quantitative estimate of drug-likeness (QED) is 0.857. The van der Waals surface area contributed by atoms with Gasteiger partial charge in [-0.25, -0.2) is 0 Å². The van der Waals surface area contributed by atoms with Gasteiger partial charge in [0.1, 0.15) is 5.75 Å². The fourth-order valence-electron chi connectivity index (χ4n) is 2.25.